The van der Waals surface area contributed by atoms with Crippen molar-refractivity contribution >= 4 is 17.5 Å². The van der Waals surface area contributed by atoms with Gasteiger partial charge < -0.3 is 5.32 Å². The lowest BCUT2D eigenvalue weighted by Crippen LogP contribution is -2.38. The predicted molar refractivity (Wildman–Crippen MR) is 107 cm³/mol. The zero-order valence-electron chi connectivity index (χ0n) is 16.1. The Bertz CT molecular complexity index is 980. The summed E-state index contributed by atoms with van der Waals surface area (Å²) in [4.78, 5) is 12.7. The number of nitrogens with one attached hydrogen (secondary N) is 1. The van der Waals surface area contributed by atoms with E-state index in [0.29, 0.717) is 16.4 Å². The number of carbonyl (C=O) groups is 1. The van der Waals surface area contributed by atoms with E-state index in [2.05, 4.69) is 20.6 Å². The van der Waals surface area contributed by atoms with Crippen LogP contribution in [-0.4, -0.2) is 41.3 Å². The molecule has 1 amide bonds. The number of halogens is 1. The molecule has 148 valence electrons. The quantitative estimate of drug-likeness (QED) is 0.712. The standard InChI is InChI=1S/C19H24ClN7O/c1-25-10-13(8-21-25)18-17(20)19(14-9-22-26(2)11-14)27(24-18)12-16(28)23-15-6-4-3-5-7-15/h8-11,15H,3-7,12H2,1-2H3,(H,23,28). The summed E-state index contributed by atoms with van der Waals surface area (Å²) < 4.78 is 5.07. The molecule has 0 aliphatic heterocycles. The highest BCUT2D eigenvalue weighted by molar-refractivity contribution is 6.35. The number of nitrogens with zero attached hydrogens (tertiary/aromatic N) is 6. The first-order valence-electron chi connectivity index (χ1n) is 9.55. The van der Waals surface area contributed by atoms with Gasteiger partial charge in [-0.15, -0.1) is 0 Å². The Hall–Kier alpha value is -2.61. The molecule has 1 aliphatic rings. The maximum atomic E-state index is 12.7. The summed E-state index contributed by atoms with van der Waals surface area (Å²) in [5.74, 6) is -0.0473. The third-order valence-electron chi connectivity index (χ3n) is 5.11. The first-order valence-corrected chi connectivity index (χ1v) is 9.93. The van der Waals surface area contributed by atoms with E-state index in [4.69, 9.17) is 11.6 Å². The fraction of sp³-hybridized carbons (Fsp3) is 0.474. The zero-order chi connectivity index (χ0) is 19.7. The Morgan fingerprint density at radius 2 is 1.75 bits per heavy atom. The zero-order valence-corrected chi connectivity index (χ0v) is 16.9. The summed E-state index contributed by atoms with van der Waals surface area (Å²) in [6.45, 7) is 0.112. The molecule has 8 nitrogen and oxygen atoms in total. The maximum absolute atomic E-state index is 12.7. The van der Waals surface area contributed by atoms with Crippen molar-refractivity contribution in [3.05, 3.63) is 29.8 Å². The van der Waals surface area contributed by atoms with Gasteiger partial charge >= 0.3 is 0 Å². The number of aromatic nitrogens is 6. The van der Waals surface area contributed by atoms with Crippen molar-refractivity contribution in [1.29, 1.82) is 0 Å². The van der Waals surface area contributed by atoms with Gasteiger partial charge in [0, 0.05) is 43.7 Å². The molecule has 0 spiro atoms. The number of hydrogen-bond donors (Lipinski definition) is 1. The molecule has 1 fully saturated rings. The van der Waals surface area contributed by atoms with Crippen LogP contribution in [0.4, 0.5) is 0 Å². The smallest absolute Gasteiger partial charge is 0.241 e. The van der Waals surface area contributed by atoms with Crippen LogP contribution in [0.5, 0.6) is 0 Å². The number of carbonyl (C=O) groups excluding carboxylic acids is 1. The Morgan fingerprint density at radius 3 is 2.36 bits per heavy atom. The van der Waals surface area contributed by atoms with Crippen LogP contribution >= 0.6 is 11.6 Å². The van der Waals surface area contributed by atoms with Gasteiger partial charge in [-0.25, -0.2) is 0 Å². The van der Waals surface area contributed by atoms with Crippen LogP contribution in [0, 0.1) is 0 Å². The van der Waals surface area contributed by atoms with E-state index in [1.807, 2.05) is 26.5 Å². The second-order valence-corrected chi connectivity index (χ2v) is 7.75. The first-order chi connectivity index (χ1) is 13.5. The minimum atomic E-state index is -0.0473. The molecule has 3 heterocycles. The van der Waals surface area contributed by atoms with E-state index in [9.17, 15) is 4.79 Å². The van der Waals surface area contributed by atoms with E-state index in [1.165, 1.54) is 19.3 Å². The van der Waals surface area contributed by atoms with Crippen molar-refractivity contribution in [3.63, 3.8) is 0 Å². The lowest BCUT2D eigenvalue weighted by molar-refractivity contribution is -0.122. The van der Waals surface area contributed by atoms with Crippen LogP contribution in [0.1, 0.15) is 32.1 Å². The van der Waals surface area contributed by atoms with Gasteiger partial charge in [0.1, 0.15) is 12.2 Å². The third kappa shape index (κ3) is 3.82. The summed E-state index contributed by atoms with van der Waals surface area (Å²) in [6.07, 6.45) is 12.8. The number of hydrogen-bond acceptors (Lipinski definition) is 4. The molecular formula is C19H24ClN7O. The molecule has 0 bridgehead atoms. The maximum Gasteiger partial charge on any atom is 0.241 e. The van der Waals surface area contributed by atoms with Gasteiger partial charge in [0.2, 0.25) is 5.91 Å². The minimum absolute atomic E-state index is 0.0473. The molecule has 1 aliphatic carbocycles. The fourth-order valence-corrected chi connectivity index (χ4v) is 4.11. The molecular weight excluding hydrogens is 378 g/mol. The highest BCUT2D eigenvalue weighted by atomic mass is 35.5. The van der Waals surface area contributed by atoms with Crippen LogP contribution in [0.2, 0.25) is 5.02 Å². The molecule has 9 heteroatoms. The van der Waals surface area contributed by atoms with Gasteiger partial charge in [0.15, 0.2) is 0 Å². The summed E-state index contributed by atoms with van der Waals surface area (Å²) >= 11 is 6.70. The predicted octanol–water partition coefficient (Wildman–Crippen LogP) is 2.79. The average molecular weight is 402 g/mol. The van der Waals surface area contributed by atoms with Gasteiger partial charge in [-0.1, -0.05) is 30.9 Å². The molecule has 3 aromatic heterocycles. The Kier molecular flexibility index (Phi) is 5.21. The molecule has 1 N–H and O–H groups in total. The van der Waals surface area contributed by atoms with Gasteiger partial charge in [-0.2, -0.15) is 15.3 Å². The summed E-state index contributed by atoms with van der Waals surface area (Å²) in [5, 5.41) is 16.7. The van der Waals surface area contributed by atoms with Crippen LogP contribution < -0.4 is 5.32 Å². The van der Waals surface area contributed by atoms with Crippen LogP contribution in [0.3, 0.4) is 0 Å². The molecule has 3 aromatic rings. The van der Waals surface area contributed by atoms with E-state index >= 15 is 0 Å². The Morgan fingerprint density at radius 1 is 1.11 bits per heavy atom. The van der Waals surface area contributed by atoms with Crippen molar-refractivity contribution in [2.24, 2.45) is 14.1 Å². The summed E-state index contributed by atoms with van der Waals surface area (Å²) in [6, 6.07) is 0.256. The Balaban J connectivity index is 1.65. The van der Waals surface area contributed by atoms with Crippen molar-refractivity contribution in [2.45, 2.75) is 44.7 Å². The largest absolute Gasteiger partial charge is 0.352 e. The molecule has 0 aromatic carbocycles. The van der Waals surface area contributed by atoms with Crippen molar-refractivity contribution in [3.8, 4) is 22.5 Å². The number of rotatable bonds is 5. The molecule has 0 radical (unpaired) electrons. The van der Waals surface area contributed by atoms with Gasteiger partial charge in [-0.3, -0.25) is 18.8 Å². The SMILES string of the molecule is Cn1cc(-c2nn(CC(=O)NC3CCCCC3)c(-c3cnn(C)c3)c2Cl)cn1. The third-order valence-corrected chi connectivity index (χ3v) is 5.47. The topological polar surface area (TPSA) is 82.6 Å². The molecule has 4 rings (SSSR count). The van der Waals surface area contributed by atoms with E-state index in [-0.39, 0.29) is 18.5 Å². The number of amides is 1. The summed E-state index contributed by atoms with van der Waals surface area (Å²) in [5.41, 5.74) is 2.93. The van der Waals surface area contributed by atoms with Crippen molar-refractivity contribution in [2.75, 3.05) is 0 Å². The fourth-order valence-electron chi connectivity index (χ4n) is 3.76. The average Bonchev–Trinajstić information content (AvgIpc) is 3.35. The van der Waals surface area contributed by atoms with Crippen LogP contribution in [-0.2, 0) is 25.4 Å². The van der Waals surface area contributed by atoms with Gasteiger partial charge in [0.25, 0.3) is 0 Å². The Labute approximate surface area is 168 Å². The second-order valence-electron chi connectivity index (χ2n) is 7.38. The van der Waals surface area contributed by atoms with Crippen molar-refractivity contribution in [1.82, 2.24) is 34.7 Å². The highest BCUT2D eigenvalue weighted by Crippen LogP contribution is 2.36. The summed E-state index contributed by atoms with van der Waals surface area (Å²) in [7, 11) is 3.68. The molecule has 0 atom stereocenters. The molecule has 0 unspecified atom stereocenters. The lowest BCUT2D eigenvalue weighted by Gasteiger charge is -2.22. The highest BCUT2D eigenvalue weighted by Gasteiger charge is 2.23. The van der Waals surface area contributed by atoms with E-state index in [1.54, 1.807) is 26.4 Å². The van der Waals surface area contributed by atoms with Gasteiger partial charge in [0.05, 0.1) is 23.1 Å². The normalized spacial score (nSPS) is 15.1. The minimum Gasteiger partial charge on any atom is -0.352 e. The monoisotopic (exact) mass is 401 g/mol. The number of aryl methyl sites for hydroxylation is 2. The van der Waals surface area contributed by atoms with E-state index < -0.39 is 0 Å². The molecule has 0 saturated heterocycles. The van der Waals surface area contributed by atoms with Crippen molar-refractivity contribution < 1.29 is 4.79 Å². The second kappa shape index (κ2) is 7.79. The van der Waals surface area contributed by atoms with Gasteiger partial charge in [-0.05, 0) is 12.8 Å². The molecule has 1 saturated carbocycles. The lowest BCUT2D eigenvalue weighted by atomic mass is 9.95. The molecule has 28 heavy (non-hydrogen) atoms. The van der Waals surface area contributed by atoms with Crippen LogP contribution in [0.25, 0.3) is 22.5 Å². The first kappa shape index (κ1) is 18.7. The van der Waals surface area contributed by atoms with E-state index in [0.717, 1.165) is 24.0 Å². The van der Waals surface area contributed by atoms with Crippen LogP contribution in [0.15, 0.2) is 24.8 Å².